The number of hydrogen-bond donors (Lipinski definition) is 0. The number of alkyl halides is 3. The lowest BCUT2D eigenvalue weighted by Crippen LogP contribution is -2.31. The number of imide groups is 1. The van der Waals surface area contributed by atoms with Crippen LogP contribution >= 0.6 is 23.5 Å². The average molecular weight is 426 g/mol. The lowest BCUT2D eigenvalue weighted by atomic mass is 10.2. The zero-order valence-corrected chi connectivity index (χ0v) is 15.6. The van der Waals surface area contributed by atoms with E-state index in [0.29, 0.717) is 0 Å². The SMILES string of the molecule is O=C([O-])c1ccccc1S[C@H]1CC(=O)N(c2ccccc2SC(F)(F)F)C1=O. The van der Waals surface area contributed by atoms with Crippen LogP contribution in [0.1, 0.15) is 16.8 Å². The van der Waals surface area contributed by atoms with Crippen molar-refractivity contribution in [3.8, 4) is 0 Å². The molecular weight excluding hydrogens is 415 g/mol. The highest BCUT2D eigenvalue weighted by atomic mass is 32.2. The summed E-state index contributed by atoms with van der Waals surface area (Å²) in [4.78, 5) is 37.1. The van der Waals surface area contributed by atoms with Crippen molar-refractivity contribution in [2.45, 2.75) is 27.0 Å². The lowest BCUT2D eigenvalue weighted by molar-refractivity contribution is -0.255. The van der Waals surface area contributed by atoms with Crippen molar-refractivity contribution in [1.82, 2.24) is 0 Å². The van der Waals surface area contributed by atoms with E-state index in [2.05, 4.69) is 0 Å². The van der Waals surface area contributed by atoms with Gasteiger partial charge in [-0.25, -0.2) is 4.90 Å². The molecule has 2 aromatic carbocycles. The summed E-state index contributed by atoms with van der Waals surface area (Å²) in [6.07, 6.45) is -0.254. The molecule has 2 aromatic rings. The van der Waals surface area contributed by atoms with Crippen molar-refractivity contribution in [2.75, 3.05) is 4.90 Å². The summed E-state index contributed by atoms with van der Waals surface area (Å²) in [5.74, 6) is -2.77. The fourth-order valence-corrected chi connectivity index (χ4v) is 4.53. The highest BCUT2D eigenvalue weighted by Crippen LogP contribution is 2.43. The third-order valence-corrected chi connectivity index (χ3v) is 5.87. The van der Waals surface area contributed by atoms with E-state index in [4.69, 9.17) is 0 Å². The standard InChI is InChI=1S/C18H12F3NO4S2/c19-18(20,21)28-13-8-4-2-6-11(13)22-15(23)9-14(16(22)24)27-12-7-3-1-5-10(12)17(25)26/h1-8,14H,9H2,(H,25,26)/p-1/t14-/m0/s1. The molecule has 0 radical (unpaired) electrons. The van der Waals surface area contributed by atoms with E-state index >= 15 is 0 Å². The second kappa shape index (κ2) is 7.88. The van der Waals surface area contributed by atoms with Gasteiger partial charge in [0.2, 0.25) is 11.8 Å². The maximum Gasteiger partial charge on any atom is 0.446 e. The minimum absolute atomic E-state index is 0.126. The Bertz CT molecular complexity index is 948. The summed E-state index contributed by atoms with van der Waals surface area (Å²) < 4.78 is 38.4. The molecule has 28 heavy (non-hydrogen) atoms. The van der Waals surface area contributed by atoms with Crippen molar-refractivity contribution >= 4 is 47.0 Å². The molecule has 1 atom stereocenters. The number of carboxylic acid groups (broad SMARTS) is 1. The Hall–Kier alpha value is -2.46. The summed E-state index contributed by atoms with van der Waals surface area (Å²) >= 11 is 0.465. The van der Waals surface area contributed by atoms with E-state index < -0.39 is 40.3 Å². The number of nitrogens with zero attached hydrogens (tertiary/aromatic N) is 1. The molecule has 1 aliphatic heterocycles. The maximum atomic E-state index is 12.8. The van der Waals surface area contributed by atoms with Crippen LogP contribution in [0.25, 0.3) is 0 Å². The molecule has 0 bridgehead atoms. The zero-order valence-electron chi connectivity index (χ0n) is 13.9. The predicted molar refractivity (Wildman–Crippen MR) is 95.9 cm³/mol. The van der Waals surface area contributed by atoms with E-state index in [1.807, 2.05) is 0 Å². The van der Waals surface area contributed by atoms with Crippen LogP contribution in [-0.4, -0.2) is 28.5 Å². The molecule has 146 valence electrons. The summed E-state index contributed by atoms with van der Waals surface area (Å²) in [7, 11) is 0. The average Bonchev–Trinajstić information content (AvgIpc) is 2.88. The van der Waals surface area contributed by atoms with Gasteiger partial charge in [-0.2, -0.15) is 13.2 Å². The zero-order chi connectivity index (χ0) is 20.5. The fraction of sp³-hybridized carbons (Fsp3) is 0.167. The third kappa shape index (κ3) is 4.33. The van der Waals surface area contributed by atoms with Crippen LogP contribution < -0.4 is 10.0 Å². The Morgan fingerprint density at radius 1 is 1.04 bits per heavy atom. The topological polar surface area (TPSA) is 77.5 Å². The molecule has 0 saturated carbocycles. The van der Waals surface area contributed by atoms with Gasteiger partial charge in [-0.1, -0.05) is 30.3 Å². The van der Waals surface area contributed by atoms with Crippen molar-refractivity contribution < 1.29 is 32.7 Å². The lowest BCUT2D eigenvalue weighted by Gasteiger charge is -2.19. The fourth-order valence-electron chi connectivity index (χ4n) is 2.69. The smallest absolute Gasteiger partial charge is 0.446 e. The van der Waals surface area contributed by atoms with Gasteiger partial charge in [0, 0.05) is 21.8 Å². The van der Waals surface area contributed by atoms with Crippen molar-refractivity contribution in [3.05, 3.63) is 54.1 Å². The van der Waals surface area contributed by atoms with Gasteiger partial charge in [-0.3, -0.25) is 9.59 Å². The molecule has 5 nitrogen and oxygen atoms in total. The Balaban J connectivity index is 1.89. The van der Waals surface area contributed by atoms with Crippen LogP contribution in [0.4, 0.5) is 18.9 Å². The minimum Gasteiger partial charge on any atom is -0.545 e. The minimum atomic E-state index is -4.58. The van der Waals surface area contributed by atoms with Gasteiger partial charge >= 0.3 is 5.51 Å². The van der Waals surface area contributed by atoms with Gasteiger partial charge in [0.05, 0.1) is 16.9 Å². The van der Waals surface area contributed by atoms with Gasteiger partial charge in [0.1, 0.15) is 0 Å². The van der Waals surface area contributed by atoms with Crippen LogP contribution in [0, 0.1) is 0 Å². The molecule has 0 aromatic heterocycles. The molecule has 0 spiro atoms. The van der Waals surface area contributed by atoms with Gasteiger partial charge in [-0.15, -0.1) is 11.8 Å². The van der Waals surface area contributed by atoms with Gasteiger partial charge in [-0.05, 0) is 30.0 Å². The molecule has 0 N–H and O–H groups in total. The van der Waals surface area contributed by atoms with Crippen LogP contribution in [0.5, 0.6) is 0 Å². The summed E-state index contributed by atoms with van der Waals surface area (Å²) in [6, 6.07) is 11.1. The molecule has 2 amide bonds. The highest BCUT2D eigenvalue weighted by Gasteiger charge is 2.42. The molecular formula is C18H11F3NO4S2-. The molecule has 0 unspecified atom stereocenters. The number of carboxylic acids is 1. The summed E-state index contributed by atoms with van der Waals surface area (Å²) in [5, 5.41) is 10.3. The first-order valence-electron chi connectivity index (χ1n) is 7.86. The van der Waals surface area contributed by atoms with E-state index in [1.165, 1.54) is 42.5 Å². The molecule has 1 fully saturated rings. The molecule has 1 saturated heterocycles. The number of carbonyl (C=O) groups excluding carboxylic acids is 3. The Labute approximate surface area is 165 Å². The molecule has 1 aliphatic rings. The monoisotopic (exact) mass is 426 g/mol. The van der Waals surface area contributed by atoms with E-state index in [1.54, 1.807) is 6.07 Å². The van der Waals surface area contributed by atoms with Crippen molar-refractivity contribution in [1.29, 1.82) is 0 Å². The van der Waals surface area contributed by atoms with Gasteiger partial charge in [0.15, 0.2) is 0 Å². The number of para-hydroxylation sites is 1. The first-order valence-corrected chi connectivity index (χ1v) is 9.55. The van der Waals surface area contributed by atoms with Crippen LogP contribution in [0.2, 0.25) is 0 Å². The van der Waals surface area contributed by atoms with E-state index in [-0.39, 0.29) is 27.5 Å². The number of rotatable bonds is 5. The van der Waals surface area contributed by atoms with Crippen LogP contribution in [-0.2, 0) is 9.59 Å². The summed E-state index contributed by atoms with van der Waals surface area (Å²) in [6.45, 7) is 0. The van der Waals surface area contributed by atoms with Gasteiger partial charge in [0.25, 0.3) is 0 Å². The first-order chi connectivity index (χ1) is 13.2. The van der Waals surface area contributed by atoms with E-state index in [0.717, 1.165) is 16.7 Å². The number of anilines is 1. The molecule has 3 rings (SSSR count). The number of thioether (sulfide) groups is 2. The number of aromatic carboxylic acids is 1. The Morgan fingerprint density at radius 2 is 1.64 bits per heavy atom. The van der Waals surface area contributed by atoms with Crippen LogP contribution in [0.3, 0.4) is 0 Å². The van der Waals surface area contributed by atoms with Crippen molar-refractivity contribution in [2.24, 2.45) is 0 Å². The van der Waals surface area contributed by atoms with Crippen molar-refractivity contribution in [3.63, 3.8) is 0 Å². The number of amides is 2. The number of benzene rings is 2. The normalized spacial score (nSPS) is 17.2. The highest BCUT2D eigenvalue weighted by molar-refractivity contribution is 8.01. The largest absolute Gasteiger partial charge is 0.545 e. The molecule has 1 heterocycles. The number of carbonyl (C=O) groups is 3. The second-order valence-corrected chi connectivity index (χ2v) is 8.03. The summed E-state index contributed by atoms with van der Waals surface area (Å²) in [5.41, 5.74) is -4.85. The maximum absolute atomic E-state index is 12.8. The Morgan fingerprint density at radius 3 is 2.29 bits per heavy atom. The third-order valence-electron chi connectivity index (χ3n) is 3.81. The second-order valence-electron chi connectivity index (χ2n) is 5.68. The molecule has 10 heteroatoms. The van der Waals surface area contributed by atoms with Crippen LogP contribution in [0.15, 0.2) is 58.3 Å². The quantitative estimate of drug-likeness (QED) is 0.540. The number of hydrogen-bond acceptors (Lipinski definition) is 6. The first kappa shape index (κ1) is 20.3. The van der Waals surface area contributed by atoms with Gasteiger partial charge < -0.3 is 9.90 Å². The van der Waals surface area contributed by atoms with E-state index in [9.17, 15) is 32.7 Å². The Kier molecular flexibility index (Phi) is 5.71. The predicted octanol–water partition coefficient (Wildman–Crippen LogP) is 3.09. The number of halogens is 3. The molecule has 0 aliphatic carbocycles.